The van der Waals surface area contributed by atoms with Crippen LogP contribution in [-0.2, 0) is 0 Å². The van der Waals surface area contributed by atoms with Crippen molar-refractivity contribution in [3.05, 3.63) is 56.5 Å². The van der Waals surface area contributed by atoms with Crippen LogP contribution < -0.4 is 9.80 Å². The van der Waals surface area contributed by atoms with E-state index in [0.29, 0.717) is 20.1 Å². The van der Waals surface area contributed by atoms with Gasteiger partial charge in [0, 0.05) is 24.2 Å². The third kappa shape index (κ3) is 5.67. The summed E-state index contributed by atoms with van der Waals surface area (Å²) in [4.78, 5) is 4.60. The molecule has 0 amide bonds. The quantitative estimate of drug-likeness (QED) is 0.377. The molecule has 0 saturated heterocycles. The number of halogens is 4. The summed E-state index contributed by atoms with van der Waals surface area (Å²) in [6, 6.07) is 12.2. The van der Waals surface area contributed by atoms with Gasteiger partial charge in [-0.05, 0) is 72.2 Å². The van der Waals surface area contributed by atoms with Gasteiger partial charge in [-0.2, -0.15) is 0 Å². The Morgan fingerprint density at radius 2 is 0.862 bits per heavy atom. The lowest BCUT2D eigenvalue weighted by molar-refractivity contribution is 0.465. The van der Waals surface area contributed by atoms with Gasteiger partial charge in [-0.1, -0.05) is 58.5 Å². The van der Waals surface area contributed by atoms with E-state index in [2.05, 4.69) is 51.3 Å². The maximum absolute atomic E-state index is 6.53. The van der Waals surface area contributed by atoms with Crippen molar-refractivity contribution >= 4 is 57.8 Å². The van der Waals surface area contributed by atoms with Crippen molar-refractivity contribution in [1.29, 1.82) is 0 Å². The molecule has 0 fully saturated rings. The highest BCUT2D eigenvalue weighted by atomic mass is 35.5. The molecule has 160 valence electrons. The van der Waals surface area contributed by atoms with E-state index in [1.54, 1.807) is 0 Å². The molecule has 0 spiro atoms. The molecule has 0 radical (unpaired) electrons. The molecule has 6 heteroatoms. The molecule has 0 aliphatic heterocycles. The number of benzene rings is 2. The van der Waals surface area contributed by atoms with Crippen molar-refractivity contribution in [3.8, 4) is 0 Å². The summed E-state index contributed by atoms with van der Waals surface area (Å²) in [5.41, 5.74) is 1.77. The van der Waals surface area contributed by atoms with E-state index in [4.69, 9.17) is 46.4 Å². The first-order valence-electron chi connectivity index (χ1n) is 10.0. The lowest BCUT2D eigenvalue weighted by atomic mass is 10.0. The second kappa shape index (κ2) is 10.5. The highest BCUT2D eigenvalue weighted by molar-refractivity contribution is 6.39. The Labute approximate surface area is 195 Å². The van der Waals surface area contributed by atoms with Crippen LogP contribution in [0, 0.1) is 0 Å². The predicted molar refractivity (Wildman–Crippen MR) is 132 cm³/mol. The molecule has 0 N–H and O–H groups in total. The van der Waals surface area contributed by atoms with Crippen LogP contribution in [0.5, 0.6) is 0 Å². The molecule has 2 aromatic carbocycles. The van der Waals surface area contributed by atoms with E-state index in [1.807, 2.05) is 36.4 Å². The summed E-state index contributed by atoms with van der Waals surface area (Å²) in [6.07, 6.45) is 0.888. The second-order valence-electron chi connectivity index (χ2n) is 8.08. The number of para-hydroxylation sites is 2. The van der Waals surface area contributed by atoms with Crippen LogP contribution in [0.3, 0.4) is 0 Å². The molecule has 0 aliphatic carbocycles. The van der Waals surface area contributed by atoms with Crippen molar-refractivity contribution < 1.29 is 0 Å². The molecule has 0 bridgehead atoms. The highest BCUT2D eigenvalue weighted by Gasteiger charge is 2.28. The first-order valence-corrected chi connectivity index (χ1v) is 11.5. The van der Waals surface area contributed by atoms with Crippen LogP contribution in [0.15, 0.2) is 36.4 Å². The van der Waals surface area contributed by atoms with Crippen LogP contribution >= 0.6 is 46.4 Å². The summed E-state index contributed by atoms with van der Waals surface area (Å²) >= 11 is 26.1. The molecule has 29 heavy (non-hydrogen) atoms. The van der Waals surface area contributed by atoms with Gasteiger partial charge in [0.25, 0.3) is 0 Å². The number of hydrogen-bond donors (Lipinski definition) is 0. The third-order valence-electron chi connectivity index (χ3n) is 5.14. The zero-order valence-corrected chi connectivity index (χ0v) is 20.9. The molecular formula is C23H30Cl4N2. The Balaban J connectivity index is 2.36. The fraction of sp³-hybridized carbons (Fsp3) is 0.478. The van der Waals surface area contributed by atoms with Gasteiger partial charge in [0.05, 0.1) is 31.5 Å². The number of nitrogens with zero attached hydrogens (tertiary/aromatic N) is 2. The summed E-state index contributed by atoms with van der Waals surface area (Å²) in [5, 5.41) is 2.67. The van der Waals surface area contributed by atoms with Gasteiger partial charge in [0.15, 0.2) is 0 Å². The average molecular weight is 476 g/mol. The van der Waals surface area contributed by atoms with Crippen molar-refractivity contribution in [3.63, 3.8) is 0 Å². The molecule has 0 heterocycles. The standard InChI is InChI=1S/C23H30Cl4N2/c1-14(2)28(22-18(24)9-7-10-19(22)25)16(5)13-17(6)29(15(3)4)23-20(26)11-8-12-21(23)27/h7-12,14-17H,13H2,1-6H3. The Morgan fingerprint density at radius 1 is 0.586 bits per heavy atom. The van der Waals surface area contributed by atoms with Crippen LogP contribution in [0.1, 0.15) is 48.0 Å². The Bertz CT molecular complexity index is 715. The van der Waals surface area contributed by atoms with Crippen LogP contribution in [-0.4, -0.2) is 24.2 Å². The first kappa shape index (κ1) is 24.5. The van der Waals surface area contributed by atoms with E-state index in [1.165, 1.54) is 0 Å². The highest BCUT2D eigenvalue weighted by Crippen LogP contribution is 2.39. The SMILES string of the molecule is CC(C)N(c1c(Cl)cccc1Cl)C(C)CC(C)N(c1c(Cl)cccc1Cl)C(C)C. The maximum Gasteiger partial charge on any atom is 0.0749 e. The van der Waals surface area contributed by atoms with E-state index < -0.39 is 0 Å². The lowest BCUT2D eigenvalue weighted by Crippen LogP contribution is -2.46. The monoisotopic (exact) mass is 474 g/mol. The molecular weight excluding hydrogens is 446 g/mol. The fourth-order valence-electron chi connectivity index (χ4n) is 4.17. The van der Waals surface area contributed by atoms with E-state index in [-0.39, 0.29) is 24.2 Å². The predicted octanol–water partition coefficient (Wildman–Crippen LogP) is 8.60. The zero-order chi connectivity index (χ0) is 21.9. The molecule has 0 aromatic heterocycles. The zero-order valence-electron chi connectivity index (χ0n) is 17.9. The summed E-state index contributed by atoms with van der Waals surface area (Å²) < 4.78 is 0. The largest absolute Gasteiger partial charge is 0.364 e. The van der Waals surface area contributed by atoms with Crippen molar-refractivity contribution in [2.24, 2.45) is 0 Å². The normalized spacial score (nSPS) is 13.7. The third-order valence-corrected chi connectivity index (χ3v) is 6.36. The molecule has 2 rings (SSSR count). The van der Waals surface area contributed by atoms with Gasteiger partial charge in [-0.25, -0.2) is 0 Å². The Hall–Kier alpha value is -0.800. The molecule has 0 saturated carbocycles. The van der Waals surface area contributed by atoms with Crippen LogP contribution in [0.25, 0.3) is 0 Å². The molecule has 2 atom stereocenters. The van der Waals surface area contributed by atoms with E-state index in [0.717, 1.165) is 17.8 Å². The van der Waals surface area contributed by atoms with Gasteiger partial charge in [-0.15, -0.1) is 0 Å². The van der Waals surface area contributed by atoms with Gasteiger partial charge in [-0.3, -0.25) is 0 Å². The molecule has 2 nitrogen and oxygen atoms in total. The molecule has 0 aliphatic rings. The van der Waals surface area contributed by atoms with Crippen molar-refractivity contribution in [1.82, 2.24) is 0 Å². The number of rotatable bonds is 8. The summed E-state index contributed by atoms with van der Waals surface area (Å²) in [5.74, 6) is 0. The van der Waals surface area contributed by atoms with Crippen LogP contribution in [0.2, 0.25) is 20.1 Å². The van der Waals surface area contributed by atoms with E-state index >= 15 is 0 Å². The minimum Gasteiger partial charge on any atom is -0.364 e. The van der Waals surface area contributed by atoms with Gasteiger partial charge in [0.2, 0.25) is 0 Å². The van der Waals surface area contributed by atoms with Gasteiger partial charge < -0.3 is 9.80 Å². The lowest BCUT2D eigenvalue weighted by Gasteiger charge is -2.42. The summed E-state index contributed by atoms with van der Waals surface area (Å²) in [7, 11) is 0. The minimum absolute atomic E-state index is 0.199. The van der Waals surface area contributed by atoms with Gasteiger partial charge in [0.1, 0.15) is 0 Å². The second-order valence-corrected chi connectivity index (χ2v) is 9.71. The topological polar surface area (TPSA) is 6.48 Å². The average Bonchev–Trinajstić information content (AvgIpc) is 2.60. The van der Waals surface area contributed by atoms with Crippen molar-refractivity contribution in [2.75, 3.05) is 9.80 Å². The maximum atomic E-state index is 6.53. The van der Waals surface area contributed by atoms with Crippen LogP contribution in [0.4, 0.5) is 11.4 Å². The fourth-order valence-corrected chi connectivity index (χ4v) is 5.35. The number of anilines is 2. The Morgan fingerprint density at radius 3 is 1.10 bits per heavy atom. The minimum atomic E-state index is 0.199. The summed E-state index contributed by atoms with van der Waals surface area (Å²) in [6.45, 7) is 13.1. The molecule has 2 aromatic rings. The Kier molecular flexibility index (Phi) is 8.85. The van der Waals surface area contributed by atoms with Crippen molar-refractivity contribution in [2.45, 2.75) is 72.1 Å². The van der Waals surface area contributed by atoms with Gasteiger partial charge >= 0.3 is 0 Å². The smallest absolute Gasteiger partial charge is 0.0749 e. The van der Waals surface area contributed by atoms with E-state index in [9.17, 15) is 0 Å². The molecule has 2 unspecified atom stereocenters. The number of hydrogen-bond acceptors (Lipinski definition) is 2. The first-order chi connectivity index (χ1) is 13.6.